The minimum Gasteiger partial charge on any atom is -0.322 e. The molecule has 0 unspecified atom stereocenters. The van der Waals surface area contributed by atoms with E-state index in [0.29, 0.717) is 11.3 Å². The molecule has 5 nitrogen and oxygen atoms in total. The summed E-state index contributed by atoms with van der Waals surface area (Å²) in [5.74, 6) is -0.683. The first-order valence-electron chi connectivity index (χ1n) is 10.4. The van der Waals surface area contributed by atoms with Crippen molar-refractivity contribution in [2.45, 2.75) is 27.2 Å². The number of allylic oxidation sites excluding steroid dienone is 2. The Kier molecular flexibility index (Phi) is 4.17. The second kappa shape index (κ2) is 6.66. The van der Waals surface area contributed by atoms with E-state index >= 15 is 0 Å². The van der Waals surface area contributed by atoms with Crippen molar-refractivity contribution in [1.82, 2.24) is 0 Å². The number of hydrogen-bond donors (Lipinski definition) is 1. The summed E-state index contributed by atoms with van der Waals surface area (Å²) in [6, 6.07) is 12.6. The van der Waals surface area contributed by atoms with E-state index < -0.39 is 0 Å². The predicted molar refractivity (Wildman–Crippen MR) is 115 cm³/mol. The van der Waals surface area contributed by atoms with Crippen LogP contribution in [0.25, 0.3) is 0 Å². The van der Waals surface area contributed by atoms with Gasteiger partial charge in [0.05, 0.1) is 17.5 Å². The molecule has 1 saturated heterocycles. The molecule has 1 saturated carbocycles. The Balaban J connectivity index is 1.41. The third-order valence-electron chi connectivity index (χ3n) is 6.73. The minimum absolute atomic E-state index is 0.128. The highest BCUT2D eigenvalue weighted by Gasteiger charge is 2.60. The molecule has 1 heterocycles. The van der Waals surface area contributed by atoms with Crippen molar-refractivity contribution in [3.8, 4) is 0 Å². The molecule has 30 heavy (non-hydrogen) atoms. The summed E-state index contributed by atoms with van der Waals surface area (Å²) in [5.41, 5.74) is 4.98. The summed E-state index contributed by atoms with van der Waals surface area (Å²) in [7, 11) is 0. The van der Waals surface area contributed by atoms with Gasteiger partial charge in [0.15, 0.2) is 0 Å². The fraction of sp³-hybridized carbons (Fsp3) is 0.320. The number of aryl methyl sites for hydroxylation is 2. The molecular formula is C25H24N2O3. The van der Waals surface area contributed by atoms with Crippen molar-refractivity contribution in [2.75, 3.05) is 10.2 Å². The van der Waals surface area contributed by atoms with Gasteiger partial charge >= 0.3 is 0 Å². The third-order valence-corrected chi connectivity index (χ3v) is 6.73. The van der Waals surface area contributed by atoms with Crippen molar-refractivity contribution in [2.24, 2.45) is 23.7 Å². The monoisotopic (exact) mass is 400 g/mol. The predicted octanol–water partition coefficient (Wildman–Crippen LogP) is 4.26. The Morgan fingerprint density at radius 2 is 1.67 bits per heavy atom. The zero-order valence-electron chi connectivity index (χ0n) is 17.3. The Morgan fingerprint density at radius 3 is 2.40 bits per heavy atom. The summed E-state index contributed by atoms with van der Waals surface area (Å²) in [5, 5.41) is 2.91. The quantitative estimate of drug-likeness (QED) is 0.618. The number of hydrogen-bond acceptors (Lipinski definition) is 3. The van der Waals surface area contributed by atoms with Crippen LogP contribution in [0, 0.1) is 37.5 Å². The highest BCUT2D eigenvalue weighted by Crippen LogP contribution is 2.55. The maximum absolute atomic E-state index is 13.2. The van der Waals surface area contributed by atoms with Gasteiger partial charge in [-0.1, -0.05) is 23.8 Å². The molecule has 5 heteroatoms. The molecule has 0 radical (unpaired) electrons. The first-order valence-corrected chi connectivity index (χ1v) is 10.4. The fourth-order valence-corrected chi connectivity index (χ4v) is 5.57. The van der Waals surface area contributed by atoms with Gasteiger partial charge in [0.2, 0.25) is 11.8 Å². The zero-order chi connectivity index (χ0) is 21.2. The van der Waals surface area contributed by atoms with E-state index in [0.717, 1.165) is 23.2 Å². The van der Waals surface area contributed by atoms with Crippen LogP contribution < -0.4 is 10.2 Å². The van der Waals surface area contributed by atoms with Crippen LogP contribution in [0.5, 0.6) is 0 Å². The zero-order valence-corrected chi connectivity index (χ0v) is 17.3. The summed E-state index contributed by atoms with van der Waals surface area (Å²) in [6.45, 7) is 6.02. The number of nitrogens with zero attached hydrogens (tertiary/aromatic N) is 1. The standard InChI is InChI=1S/C25H24N2O3/c1-13-7-14(2)9-18(8-13)26-23(28)16-5-4-6-19(11-16)27-24(29)21-17-10-15(3)20(12-17)22(21)25(27)30/h4-11,17,20-22H,12H2,1-3H3,(H,26,28)/t17-,20+,21+,22+/m0/s1. The molecule has 3 amide bonds. The summed E-state index contributed by atoms with van der Waals surface area (Å²) >= 11 is 0. The van der Waals surface area contributed by atoms with Gasteiger partial charge in [0.25, 0.3) is 5.91 Å². The molecule has 4 atom stereocenters. The van der Waals surface area contributed by atoms with Gasteiger partial charge < -0.3 is 5.32 Å². The number of amides is 3. The van der Waals surface area contributed by atoms with Gasteiger partial charge in [0, 0.05) is 11.3 Å². The van der Waals surface area contributed by atoms with E-state index in [1.165, 1.54) is 10.5 Å². The second-order valence-corrected chi connectivity index (χ2v) is 8.86. The number of nitrogens with one attached hydrogen (secondary N) is 1. The largest absolute Gasteiger partial charge is 0.322 e. The van der Waals surface area contributed by atoms with Crippen LogP contribution in [0.2, 0.25) is 0 Å². The topological polar surface area (TPSA) is 66.5 Å². The lowest BCUT2D eigenvalue weighted by atomic mass is 9.82. The van der Waals surface area contributed by atoms with Crippen molar-refractivity contribution in [3.05, 3.63) is 70.8 Å². The number of benzene rings is 2. The molecule has 2 aromatic carbocycles. The summed E-state index contributed by atoms with van der Waals surface area (Å²) in [6.07, 6.45) is 3.07. The van der Waals surface area contributed by atoms with Crippen LogP contribution >= 0.6 is 0 Å². The van der Waals surface area contributed by atoms with Crippen LogP contribution in [0.4, 0.5) is 11.4 Å². The van der Waals surface area contributed by atoms with Crippen LogP contribution in [-0.2, 0) is 9.59 Å². The van der Waals surface area contributed by atoms with Gasteiger partial charge in [-0.3, -0.25) is 14.4 Å². The Morgan fingerprint density at radius 1 is 0.967 bits per heavy atom. The number of rotatable bonds is 3. The Labute approximate surface area is 175 Å². The molecule has 2 bridgehead atoms. The lowest BCUT2D eigenvalue weighted by molar-refractivity contribution is -0.123. The van der Waals surface area contributed by atoms with Gasteiger partial charge in [-0.05, 0) is 80.5 Å². The fourth-order valence-electron chi connectivity index (χ4n) is 5.57. The number of anilines is 2. The SMILES string of the molecule is CC1=C[C@H]2C[C@H]1[C@H]1C(=O)N(c3cccc(C(=O)Nc4cc(C)cc(C)c4)c3)C(=O)[C@@H]12. The second-order valence-electron chi connectivity index (χ2n) is 8.86. The van der Waals surface area contributed by atoms with E-state index in [1.807, 2.05) is 32.0 Å². The minimum atomic E-state index is -0.265. The van der Waals surface area contributed by atoms with Gasteiger partial charge in [0.1, 0.15) is 0 Å². The summed E-state index contributed by atoms with van der Waals surface area (Å²) in [4.78, 5) is 40.4. The smallest absolute Gasteiger partial charge is 0.255 e. The molecule has 1 N–H and O–H groups in total. The van der Waals surface area contributed by atoms with Crippen LogP contribution in [0.15, 0.2) is 54.1 Å². The highest BCUT2D eigenvalue weighted by atomic mass is 16.2. The van der Waals surface area contributed by atoms with E-state index in [1.54, 1.807) is 24.3 Å². The van der Waals surface area contributed by atoms with E-state index in [9.17, 15) is 14.4 Å². The van der Waals surface area contributed by atoms with Crippen molar-refractivity contribution < 1.29 is 14.4 Å². The molecule has 1 aliphatic heterocycles. The first-order chi connectivity index (χ1) is 14.3. The van der Waals surface area contributed by atoms with Crippen molar-refractivity contribution in [1.29, 1.82) is 0 Å². The lowest BCUT2D eigenvalue weighted by Crippen LogP contribution is -2.33. The normalized spacial score (nSPS) is 26.8. The van der Waals surface area contributed by atoms with E-state index in [-0.39, 0.29) is 41.4 Å². The van der Waals surface area contributed by atoms with Crippen molar-refractivity contribution in [3.63, 3.8) is 0 Å². The number of fused-ring (bicyclic) bond motifs is 5. The maximum Gasteiger partial charge on any atom is 0.255 e. The van der Waals surface area contributed by atoms with Gasteiger partial charge in [-0.2, -0.15) is 0 Å². The Bertz CT molecular complexity index is 1110. The Hall–Kier alpha value is -3.21. The van der Waals surface area contributed by atoms with Gasteiger partial charge in [-0.25, -0.2) is 4.90 Å². The van der Waals surface area contributed by atoms with E-state index in [4.69, 9.17) is 0 Å². The molecule has 2 fully saturated rings. The molecular weight excluding hydrogens is 376 g/mol. The molecule has 0 aromatic heterocycles. The lowest BCUT2D eigenvalue weighted by Gasteiger charge is -2.19. The third kappa shape index (κ3) is 2.80. The molecule has 3 aliphatic rings. The number of carbonyl (C=O) groups excluding carboxylic acids is 3. The first kappa shape index (κ1) is 18.8. The molecule has 2 aliphatic carbocycles. The van der Waals surface area contributed by atoms with E-state index in [2.05, 4.69) is 18.3 Å². The number of imide groups is 1. The molecule has 5 rings (SSSR count). The average Bonchev–Trinajstić information content (AvgIpc) is 3.31. The molecule has 2 aromatic rings. The maximum atomic E-state index is 13.2. The van der Waals surface area contributed by atoms with Crippen LogP contribution in [-0.4, -0.2) is 17.7 Å². The van der Waals surface area contributed by atoms with Crippen LogP contribution in [0.1, 0.15) is 34.8 Å². The number of carbonyl (C=O) groups is 3. The van der Waals surface area contributed by atoms with Crippen molar-refractivity contribution >= 4 is 29.1 Å². The van der Waals surface area contributed by atoms with Crippen LogP contribution in [0.3, 0.4) is 0 Å². The van der Waals surface area contributed by atoms with Gasteiger partial charge in [-0.15, -0.1) is 0 Å². The highest BCUT2D eigenvalue weighted by molar-refractivity contribution is 6.23. The summed E-state index contributed by atoms with van der Waals surface area (Å²) < 4.78 is 0. The molecule has 0 spiro atoms. The average molecular weight is 400 g/mol. The molecule has 152 valence electrons.